The number of carbonyl (C=O) groups excluding carboxylic acids is 2. The highest BCUT2D eigenvalue weighted by Crippen LogP contribution is 2.32. The molecule has 242 valence electrons. The summed E-state index contributed by atoms with van der Waals surface area (Å²) in [6, 6.07) is 26.7. The van der Waals surface area contributed by atoms with E-state index >= 15 is 0 Å². The van der Waals surface area contributed by atoms with Crippen molar-refractivity contribution in [3.63, 3.8) is 0 Å². The van der Waals surface area contributed by atoms with Gasteiger partial charge in [-0.05, 0) is 54.4 Å². The number of aryl methyl sites for hydroxylation is 1. The number of methoxy groups -OCH3 is 3. The van der Waals surface area contributed by atoms with E-state index in [4.69, 9.17) is 14.2 Å². The van der Waals surface area contributed by atoms with E-state index < -0.39 is 28.5 Å². The largest absolute Gasteiger partial charge is 0.497 e. The molecule has 0 aromatic heterocycles. The van der Waals surface area contributed by atoms with Gasteiger partial charge in [-0.2, -0.15) is 0 Å². The minimum absolute atomic E-state index is 0.0269. The van der Waals surface area contributed by atoms with Gasteiger partial charge in [0.25, 0.3) is 10.0 Å². The summed E-state index contributed by atoms with van der Waals surface area (Å²) < 4.78 is 45.7. The molecule has 11 heteroatoms. The maximum atomic E-state index is 14.5. The second-order valence-corrected chi connectivity index (χ2v) is 12.4. The number of amides is 2. The van der Waals surface area contributed by atoms with Gasteiger partial charge in [0.2, 0.25) is 11.8 Å². The van der Waals surface area contributed by atoms with E-state index in [2.05, 4.69) is 5.32 Å². The predicted octanol–water partition coefficient (Wildman–Crippen LogP) is 4.60. The summed E-state index contributed by atoms with van der Waals surface area (Å²) in [5, 5.41) is 2.68. The van der Waals surface area contributed by atoms with Crippen LogP contribution in [0.25, 0.3) is 0 Å². The number of rotatable bonds is 14. The lowest BCUT2D eigenvalue weighted by molar-refractivity contribution is -0.139. The number of anilines is 1. The van der Waals surface area contributed by atoms with Gasteiger partial charge in [-0.15, -0.1) is 0 Å². The SMILES string of the molecule is CNC(=O)C(Cc1ccccc1)N(Cc1cccc(OC)c1)C(=O)CN(c1ccc(C)cc1)S(=O)(=O)c1ccc(OC)c(OC)c1. The quantitative estimate of drug-likeness (QED) is 0.213. The van der Waals surface area contributed by atoms with Crippen molar-refractivity contribution < 1.29 is 32.2 Å². The molecule has 0 saturated heterocycles. The fraction of sp³-hybridized carbons (Fsp3) is 0.257. The Morgan fingerprint density at radius 1 is 0.783 bits per heavy atom. The first-order valence-corrected chi connectivity index (χ1v) is 16.0. The minimum Gasteiger partial charge on any atom is -0.497 e. The Bertz CT molecular complexity index is 1750. The molecule has 0 heterocycles. The standard InChI is InChI=1S/C35H39N3O7S/c1-25-14-16-28(17-15-25)38(46(41,42)30-18-19-32(44-4)33(22-30)45-5)24-34(39)37(23-27-12-9-13-29(20-27)43-3)31(35(40)36-2)21-26-10-7-6-8-11-26/h6-20,22,31H,21,23-24H2,1-5H3,(H,36,40). The second kappa shape index (κ2) is 15.3. The number of hydrogen-bond acceptors (Lipinski definition) is 7. The highest BCUT2D eigenvalue weighted by Gasteiger charge is 2.34. The highest BCUT2D eigenvalue weighted by molar-refractivity contribution is 7.92. The van der Waals surface area contributed by atoms with Crippen molar-refractivity contribution in [2.24, 2.45) is 0 Å². The van der Waals surface area contributed by atoms with Gasteiger partial charge in [-0.1, -0.05) is 60.2 Å². The fourth-order valence-electron chi connectivity index (χ4n) is 5.03. The first-order valence-electron chi connectivity index (χ1n) is 14.6. The molecule has 0 aliphatic rings. The third-order valence-electron chi connectivity index (χ3n) is 7.55. The van der Waals surface area contributed by atoms with Crippen LogP contribution in [0.5, 0.6) is 17.2 Å². The molecule has 4 aromatic carbocycles. The lowest BCUT2D eigenvalue weighted by Crippen LogP contribution is -2.53. The van der Waals surface area contributed by atoms with Crippen LogP contribution in [0.4, 0.5) is 5.69 Å². The van der Waals surface area contributed by atoms with Gasteiger partial charge in [0.05, 0.1) is 31.9 Å². The third-order valence-corrected chi connectivity index (χ3v) is 9.32. The molecule has 0 aliphatic carbocycles. The van der Waals surface area contributed by atoms with Gasteiger partial charge in [-0.25, -0.2) is 8.42 Å². The lowest BCUT2D eigenvalue weighted by Gasteiger charge is -2.33. The van der Waals surface area contributed by atoms with Gasteiger partial charge < -0.3 is 24.4 Å². The Hall–Kier alpha value is -5.03. The van der Waals surface area contributed by atoms with Crippen molar-refractivity contribution in [2.45, 2.75) is 30.8 Å². The number of nitrogens with zero attached hydrogens (tertiary/aromatic N) is 2. The number of ether oxygens (including phenoxy) is 3. The van der Waals surface area contributed by atoms with Crippen LogP contribution < -0.4 is 23.8 Å². The zero-order chi connectivity index (χ0) is 33.3. The van der Waals surface area contributed by atoms with Crippen LogP contribution in [0, 0.1) is 6.92 Å². The van der Waals surface area contributed by atoms with E-state index in [0.29, 0.717) is 17.1 Å². The van der Waals surface area contributed by atoms with Crippen LogP contribution in [0.2, 0.25) is 0 Å². The van der Waals surface area contributed by atoms with Crippen molar-refractivity contribution >= 4 is 27.5 Å². The molecule has 10 nitrogen and oxygen atoms in total. The van der Waals surface area contributed by atoms with Crippen LogP contribution in [0.1, 0.15) is 16.7 Å². The molecule has 0 radical (unpaired) electrons. The number of nitrogens with one attached hydrogen (secondary N) is 1. The zero-order valence-corrected chi connectivity index (χ0v) is 27.4. The van der Waals surface area contributed by atoms with E-state index in [1.165, 1.54) is 44.4 Å². The smallest absolute Gasteiger partial charge is 0.264 e. The van der Waals surface area contributed by atoms with Crippen LogP contribution in [0.15, 0.2) is 102 Å². The molecule has 46 heavy (non-hydrogen) atoms. The van der Waals surface area contributed by atoms with Crippen molar-refractivity contribution in [1.29, 1.82) is 0 Å². The Morgan fingerprint density at radius 2 is 1.46 bits per heavy atom. The molecule has 1 unspecified atom stereocenters. The summed E-state index contributed by atoms with van der Waals surface area (Å²) in [5.74, 6) is 0.211. The van der Waals surface area contributed by atoms with E-state index in [-0.39, 0.29) is 35.2 Å². The lowest BCUT2D eigenvalue weighted by atomic mass is 10.0. The highest BCUT2D eigenvalue weighted by atomic mass is 32.2. The van der Waals surface area contributed by atoms with Crippen molar-refractivity contribution in [2.75, 3.05) is 39.2 Å². The molecular weight excluding hydrogens is 606 g/mol. The zero-order valence-electron chi connectivity index (χ0n) is 26.6. The first-order chi connectivity index (χ1) is 22.1. The summed E-state index contributed by atoms with van der Waals surface area (Å²) in [6.07, 6.45) is 0.211. The summed E-state index contributed by atoms with van der Waals surface area (Å²) >= 11 is 0. The average Bonchev–Trinajstić information content (AvgIpc) is 3.08. The molecule has 1 atom stereocenters. The fourth-order valence-corrected chi connectivity index (χ4v) is 6.46. The van der Waals surface area contributed by atoms with Gasteiger partial charge in [0.1, 0.15) is 18.3 Å². The predicted molar refractivity (Wildman–Crippen MR) is 177 cm³/mol. The topological polar surface area (TPSA) is 114 Å². The van der Waals surface area contributed by atoms with Crippen LogP contribution in [0.3, 0.4) is 0 Å². The van der Waals surface area contributed by atoms with E-state index in [1.54, 1.807) is 49.6 Å². The van der Waals surface area contributed by atoms with Crippen molar-refractivity contribution in [1.82, 2.24) is 10.2 Å². The average molecular weight is 646 g/mol. The van der Waals surface area contributed by atoms with Crippen LogP contribution >= 0.6 is 0 Å². The number of likely N-dealkylation sites (N-methyl/N-ethyl adjacent to an activating group) is 1. The Labute approximate surface area is 270 Å². The molecule has 0 fully saturated rings. The van der Waals surface area contributed by atoms with Gasteiger partial charge in [-0.3, -0.25) is 13.9 Å². The van der Waals surface area contributed by atoms with Gasteiger partial charge in [0.15, 0.2) is 11.5 Å². The van der Waals surface area contributed by atoms with Crippen LogP contribution in [-0.2, 0) is 32.6 Å². The molecule has 2 amide bonds. The summed E-state index contributed by atoms with van der Waals surface area (Å²) in [6.45, 7) is 1.33. The Morgan fingerprint density at radius 3 is 2.09 bits per heavy atom. The molecule has 0 bridgehead atoms. The summed E-state index contributed by atoms with van der Waals surface area (Å²) in [5.41, 5.74) is 2.75. The van der Waals surface area contributed by atoms with Crippen molar-refractivity contribution in [3.8, 4) is 17.2 Å². The Balaban J connectivity index is 1.81. The number of carbonyl (C=O) groups is 2. The molecule has 4 rings (SSSR count). The summed E-state index contributed by atoms with van der Waals surface area (Å²) in [7, 11) is 1.61. The number of hydrogen-bond donors (Lipinski definition) is 1. The third kappa shape index (κ3) is 7.97. The van der Waals surface area contributed by atoms with E-state index in [1.807, 2.05) is 43.3 Å². The number of sulfonamides is 1. The second-order valence-electron chi connectivity index (χ2n) is 10.6. The first kappa shape index (κ1) is 33.9. The minimum atomic E-state index is -4.32. The molecule has 1 N–H and O–H groups in total. The molecule has 0 saturated carbocycles. The summed E-state index contributed by atoms with van der Waals surface area (Å²) in [4.78, 5) is 29.2. The van der Waals surface area contributed by atoms with E-state index in [9.17, 15) is 18.0 Å². The molecule has 4 aromatic rings. The molecule has 0 spiro atoms. The van der Waals surface area contributed by atoms with Gasteiger partial charge in [0, 0.05) is 26.1 Å². The molecule has 0 aliphatic heterocycles. The Kier molecular flexibility index (Phi) is 11.3. The van der Waals surface area contributed by atoms with Gasteiger partial charge >= 0.3 is 0 Å². The molecular formula is C35H39N3O7S. The normalized spacial score (nSPS) is 11.7. The maximum Gasteiger partial charge on any atom is 0.264 e. The van der Waals surface area contributed by atoms with E-state index in [0.717, 1.165) is 15.4 Å². The number of benzene rings is 4. The van der Waals surface area contributed by atoms with Crippen molar-refractivity contribution in [3.05, 3.63) is 114 Å². The maximum absolute atomic E-state index is 14.5. The van der Waals surface area contributed by atoms with Crippen LogP contribution in [-0.4, -0.2) is 66.1 Å². The monoisotopic (exact) mass is 645 g/mol.